The van der Waals surface area contributed by atoms with Crippen molar-refractivity contribution in [3.8, 4) is 5.88 Å². The summed E-state index contributed by atoms with van der Waals surface area (Å²) < 4.78 is 74.2. The maximum atomic E-state index is 12.5. The van der Waals surface area contributed by atoms with Gasteiger partial charge in [0.25, 0.3) is 5.91 Å². The van der Waals surface area contributed by atoms with Gasteiger partial charge in [-0.15, -0.1) is 0 Å². The molecule has 0 aliphatic carbocycles. The predicted molar refractivity (Wildman–Crippen MR) is 105 cm³/mol. The van der Waals surface area contributed by atoms with Gasteiger partial charge in [0.1, 0.15) is 20.2 Å². The molecule has 1 aromatic heterocycles. The van der Waals surface area contributed by atoms with Crippen LogP contribution in [0, 0.1) is 0 Å². The second-order valence-electron chi connectivity index (χ2n) is 6.27. The molecule has 0 saturated carbocycles. The third-order valence-electron chi connectivity index (χ3n) is 4.03. The number of hydrogen-bond acceptors (Lipinski definition) is 10. The number of carbonyl (C=O) groups excluding carboxylic acids is 2. The number of esters is 1. The molecule has 1 amide bonds. The third kappa shape index (κ3) is 7.45. The zero-order valence-corrected chi connectivity index (χ0v) is 23.7. The molecule has 12 nitrogen and oxygen atoms in total. The summed E-state index contributed by atoms with van der Waals surface area (Å²) in [6.07, 6.45) is 0. The van der Waals surface area contributed by atoms with E-state index in [-0.39, 0.29) is 76.3 Å². The van der Waals surface area contributed by atoms with Crippen molar-refractivity contribution in [2.45, 2.75) is 9.79 Å². The molecule has 0 unspecified atom stereocenters. The summed E-state index contributed by atoms with van der Waals surface area (Å²) in [4.78, 5) is 22.9. The van der Waals surface area contributed by atoms with Crippen molar-refractivity contribution in [2.24, 2.45) is 7.05 Å². The Hall–Kier alpha value is -1.59. The Morgan fingerprint density at radius 2 is 1.56 bits per heavy atom. The molecule has 0 aliphatic rings. The van der Waals surface area contributed by atoms with Crippen LogP contribution >= 0.6 is 0 Å². The number of nitrogens with one attached hydrogen (secondary N) is 1. The van der Waals surface area contributed by atoms with E-state index in [1.165, 1.54) is 19.2 Å². The van der Waals surface area contributed by atoms with Gasteiger partial charge in [-0.1, -0.05) is 18.2 Å². The van der Waals surface area contributed by atoms with Gasteiger partial charge in [0.05, 0.1) is 21.0 Å². The average Bonchev–Trinajstić information content (AvgIpc) is 3.07. The van der Waals surface area contributed by atoms with E-state index in [0.717, 1.165) is 10.7 Å². The molecule has 16 heteroatoms. The maximum absolute atomic E-state index is 12.5. The minimum absolute atomic E-state index is 0. The van der Waals surface area contributed by atoms with Crippen LogP contribution in [0.25, 0.3) is 0 Å². The van der Waals surface area contributed by atoms with Gasteiger partial charge in [-0.25, -0.2) is 26.3 Å². The number of rotatable bonds is 6. The third-order valence-corrected chi connectivity index (χ3v) is 5.76. The van der Waals surface area contributed by atoms with E-state index in [4.69, 9.17) is 4.74 Å². The van der Waals surface area contributed by atoms with E-state index in [0.29, 0.717) is 18.2 Å². The summed E-state index contributed by atoms with van der Waals surface area (Å²) in [5.74, 6) is -1.92. The van der Waals surface area contributed by atoms with Gasteiger partial charge < -0.3 is 19.2 Å². The van der Waals surface area contributed by atoms with Gasteiger partial charge in [-0.3, -0.25) is 4.79 Å². The number of anilines is 1. The van der Waals surface area contributed by atoms with Gasteiger partial charge in [-0.05, 0) is 30.3 Å². The number of nitrogens with zero attached hydrogens (tertiary/aromatic N) is 2. The second-order valence-corrected chi connectivity index (χ2v) is 9.00. The monoisotopic (exact) mass is 525 g/mol. The summed E-state index contributed by atoms with van der Waals surface area (Å²) in [7, 11) is -8.77. The summed E-state index contributed by atoms with van der Waals surface area (Å²) in [5.41, 5.74) is -0.843. The first-order valence-corrected chi connectivity index (χ1v) is 11.4. The van der Waals surface area contributed by atoms with Crippen LogP contribution in [0.1, 0.15) is 20.8 Å². The molecular weight excluding hydrogens is 512 g/mol. The van der Waals surface area contributed by atoms with E-state index >= 15 is 0 Å². The Labute approximate surface area is 238 Å². The molecule has 2 aromatic carbocycles. The van der Waals surface area contributed by atoms with E-state index in [1.54, 1.807) is 18.2 Å². The second kappa shape index (κ2) is 11.9. The molecule has 1 heterocycles. The fourth-order valence-electron chi connectivity index (χ4n) is 2.55. The number of ether oxygens (including phenoxy) is 1. The zero-order valence-electron chi connectivity index (χ0n) is 18.1. The quantitative estimate of drug-likeness (QED) is 0.185. The fourth-order valence-corrected chi connectivity index (χ4v) is 3.66. The Morgan fingerprint density at radius 1 is 0.941 bits per heavy atom. The molecule has 3 aromatic rings. The first-order valence-electron chi connectivity index (χ1n) is 8.55. The molecule has 0 radical (unpaired) electrons. The van der Waals surface area contributed by atoms with Crippen molar-refractivity contribution in [3.05, 3.63) is 65.9 Å². The summed E-state index contributed by atoms with van der Waals surface area (Å²) in [5, 5.41) is 5.87. The number of carbonyl (C=O) groups is 2. The van der Waals surface area contributed by atoms with E-state index in [9.17, 15) is 35.5 Å². The smallest absolute Gasteiger partial charge is 0.744 e. The minimum atomic E-state index is -5.13. The summed E-state index contributed by atoms with van der Waals surface area (Å²) in [6.45, 7) is 0. The number of aromatic nitrogens is 2. The summed E-state index contributed by atoms with van der Waals surface area (Å²) in [6, 6.07) is 10.8. The molecule has 0 fully saturated rings. The number of benzene rings is 2. The molecular formula is C18H13N3Na2O9S2. The van der Waals surface area contributed by atoms with Crippen molar-refractivity contribution in [3.63, 3.8) is 0 Å². The largest absolute Gasteiger partial charge is 1.00 e. The Morgan fingerprint density at radius 3 is 2.12 bits per heavy atom. The number of amides is 1. The van der Waals surface area contributed by atoms with Crippen LogP contribution < -0.4 is 69.2 Å². The molecule has 1 N–H and O–H groups in total. The van der Waals surface area contributed by atoms with E-state index in [1.807, 2.05) is 5.32 Å². The van der Waals surface area contributed by atoms with Crippen molar-refractivity contribution in [2.75, 3.05) is 5.32 Å². The van der Waals surface area contributed by atoms with Crippen molar-refractivity contribution in [1.29, 1.82) is 0 Å². The van der Waals surface area contributed by atoms with E-state index < -0.39 is 47.6 Å². The molecule has 168 valence electrons. The van der Waals surface area contributed by atoms with Gasteiger partial charge in [0, 0.05) is 13.1 Å². The van der Waals surface area contributed by atoms with E-state index in [2.05, 4.69) is 5.10 Å². The molecule has 0 spiro atoms. The van der Waals surface area contributed by atoms with Gasteiger partial charge >= 0.3 is 65.1 Å². The Balaban J connectivity index is 0.00000289. The maximum Gasteiger partial charge on any atom is 1.00 e. The topological polar surface area (TPSA) is 188 Å². The molecule has 0 atom stereocenters. The zero-order chi connectivity index (χ0) is 23.7. The average molecular weight is 525 g/mol. The van der Waals surface area contributed by atoms with Gasteiger partial charge in [0.15, 0.2) is 5.69 Å². The number of aryl methyl sites for hydroxylation is 1. The Bertz CT molecular complexity index is 1420. The molecule has 0 saturated heterocycles. The SMILES string of the molecule is Cn1nc(C(=O)Nc2cc(S(=O)(=O)[O-])ccc2S(=O)(=O)[O-])cc1OC(=O)c1ccccc1.[Na+].[Na+]. The van der Waals surface area contributed by atoms with Crippen LogP contribution in [0.15, 0.2) is 64.4 Å². The van der Waals surface area contributed by atoms with Crippen molar-refractivity contribution >= 4 is 37.8 Å². The van der Waals surface area contributed by atoms with Crippen molar-refractivity contribution in [1.82, 2.24) is 9.78 Å². The normalized spacial score (nSPS) is 11.0. The van der Waals surface area contributed by atoms with Crippen LogP contribution in [-0.4, -0.2) is 47.6 Å². The van der Waals surface area contributed by atoms with Crippen LogP contribution in [0.4, 0.5) is 5.69 Å². The fraction of sp³-hybridized carbons (Fsp3) is 0.0556. The van der Waals surface area contributed by atoms with Crippen LogP contribution in [0.5, 0.6) is 5.88 Å². The Kier molecular flexibility index (Phi) is 10.7. The van der Waals surface area contributed by atoms with Crippen LogP contribution in [0.3, 0.4) is 0 Å². The first kappa shape index (κ1) is 30.4. The minimum Gasteiger partial charge on any atom is -0.744 e. The number of hydrogen-bond donors (Lipinski definition) is 1. The van der Waals surface area contributed by atoms with Gasteiger partial charge in [0.2, 0.25) is 5.88 Å². The van der Waals surface area contributed by atoms with Crippen molar-refractivity contribution < 1.29 is 99.4 Å². The molecule has 3 rings (SSSR count). The van der Waals surface area contributed by atoms with Gasteiger partial charge in [-0.2, -0.15) is 5.10 Å². The summed E-state index contributed by atoms with van der Waals surface area (Å²) >= 11 is 0. The predicted octanol–water partition coefficient (Wildman–Crippen LogP) is -5.29. The first-order chi connectivity index (χ1) is 14.9. The standard InChI is InChI=1S/C18H15N3O9S2.2Na/c1-21-16(30-18(23)11-5-3-2-4-6-11)10-14(20-21)17(22)19-13-9-12(31(24,25)26)7-8-15(13)32(27,28)29;;/h2-10H,1H3,(H,19,22)(H,24,25,26)(H,27,28,29);;/q;2*+1/p-2. The van der Waals surface area contributed by atoms with Crippen LogP contribution in [-0.2, 0) is 27.3 Å². The molecule has 34 heavy (non-hydrogen) atoms. The molecule has 0 aliphatic heterocycles. The van der Waals surface area contributed by atoms with Crippen LogP contribution in [0.2, 0.25) is 0 Å². The molecule has 0 bridgehead atoms.